The lowest BCUT2D eigenvalue weighted by Gasteiger charge is -2.08. The molecule has 2 N–H and O–H groups in total. The standard InChI is InChI=1S/C11H14N4O/c12-10-4-1-2-5-11(10)16-7-3-6-15-9-13-8-14-15/h1-2,4-5,8-9H,3,6-7,12H2. The summed E-state index contributed by atoms with van der Waals surface area (Å²) >= 11 is 0. The largest absolute Gasteiger partial charge is 0.491 e. The average Bonchev–Trinajstić information content (AvgIpc) is 2.79. The molecule has 0 aliphatic carbocycles. The molecule has 1 aromatic heterocycles. The van der Waals surface area contributed by atoms with Crippen LogP contribution in [0, 0.1) is 0 Å². The number of aryl methyl sites for hydroxylation is 1. The number of nitrogens with two attached hydrogens (primary N) is 1. The first-order valence-corrected chi connectivity index (χ1v) is 5.16. The Morgan fingerprint density at radius 1 is 1.31 bits per heavy atom. The van der Waals surface area contributed by atoms with Gasteiger partial charge >= 0.3 is 0 Å². The summed E-state index contributed by atoms with van der Waals surface area (Å²) < 4.78 is 7.32. The van der Waals surface area contributed by atoms with Crippen LogP contribution in [0.3, 0.4) is 0 Å². The first-order valence-electron chi connectivity index (χ1n) is 5.16. The van der Waals surface area contributed by atoms with E-state index in [1.807, 2.05) is 24.3 Å². The molecule has 0 aliphatic heterocycles. The third kappa shape index (κ3) is 2.73. The highest BCUT2D eigenvalue weighted by Crippen LogP contribution is 2.19. The number of benzene rings is 1. The van der Waals surface area contributed by atoms with Crippen LogP contribution in [0.4, 0.5) is 5.69 Å². The van der Waals surface area contributed by atoms with E-state index >= 15 is 0 Å². The van der Waals surface area contributed by atoms with Crippen LogP contribution in [0.2, 0.25) is 0 Å². The van der Waals surface area contributed by atoms with E-state index in [9.17, 15) is 0 Å². The molecule has 2 rings (SSSR count). The van der Waals surface area contributed by atoms with E-state index in [4.69, 9.17) is 10.5 Å². The zero-order valence-corrected chi connectivity index (χ0v) is 8.91. The van der Waals surface area contributed by atoms with Gasteiger partial charge in [-0.2, -0.15) is 5.10 Å². The van der Waals surface area contributed by atoms with Gasteiger partial charge in [0.2, 0.25) is 0 Å². The van der Waals surface area contributed by atoms with Crippen molar-refractivity contribution < 1.29 is 4.74 Å². The number of ether oxygens (including phenoxy) is 1. The maximum atomic E-state index is 5.74. The van der Waals surface area contributed by atoms with Crippen LogP contribution in [-0.2, 0) is 6.54 Å². The van der Waals surface area contributed by atoms with E-state index in [0.717, 1.165) is 18.7 Å². The van der Waals surface area contributed by atoms with E-state index in [0.29, 0.717) is 12.3 Å². The number of nitrogens with zero attached hydrogens (tertiary/aromatic N) is 3. The zero-order valence-electron chi connectivity index (χ0n) is 8.91. The first kappa shape index (κ1) is 10.5. The molecule has 0 bridgehead atoms. The lowest BCUT2D eigenvalue weighted by Crippen LogP contribution is -2.05. The highest BCUT2D eigenvalue weighted by Gasteiger charge is 1.98. The maximum absolute atomic E-state index is 5.74. The summed E-state index contributed by atoms with van der Waals surface area (Å²) in [7, 11) is 0. The predicted octanol–water partition coefficient (Wildman–Crippen LogP) is 1.33. The summed E-state index contributed by atoms with van der Waals surface area (Å²) in [5.41, 5.74) is 6.41. The Morgan fingerprint density at radius 2 is 2.19 bits per heavy atom. The second-order valence-electron chi connectivity index (χ2n) is 3.40. The minimum absolute atomic E-state index is 0.619. The highest BCUT2D eigenvalue weighted by molar-refractivity contribution is 5.51. The Labute approximate surface area is 93.9 Å². The number of aromatic nitrogens is 3. The Bertz CT molecular complexity index is 427. The molecule has 0 fully saturated rings. The number of hydrogen-bond donors (Lipinski definition) is 1. The molecule has 5 nitrogen and oxygen atoms in total. The van der Waals surface area contributed by atoms with Crippen LogP contribution in [-0.4, -0.2) is 21.4 Å². The van der Waals surface area contributed by atoms with Crippen LogP contribution in [0.1, 0.15) is 6.42 Å². The molecule has 1 heterocycles. The van der Waals surface area contributed by atoms with Crippen molar-refractivity contribution in [2.75, 3.05) is 12.3 Å². The molecule has 84 valence electrons. The normalized spacial score (nSPS) is 10.2. The zero-order chi connectivity index (χ0) is 11.2. The summed E-state index contributed by atoms with van der Waals surface area (Å²) in [6, 6.07) is 7.48. The minimum atomic E-state index is 0.619. The van der Waals surface area contributed by atoms with Crippen LogP contribution >= 0.6 is 0 Å². The molecule has 2 aromatic rings. The number of nitrogen functional groups attached to an aromatic ring is 1. The van der Waals surface area contributed by atoms with Gasteiger partial charge in [0.15, 0.2) is 0 Å². The topological polar surface area (TPSA) is 66.0 Å². The SMILES string of the molecule is Nc1ccccc1OCCCn1cncn1. The second kappa shape index (κ2) is 5.16. The quantitative estimate of drug-likeness (QED) is 0.607. The number of rotatable bonds is 5. The van der Waals surface area contributed by atoms with E-state index in [2.05, 4.69) is 10.1 Å². The third-order valence-electron chi connectivity index (χ3n) is 2.17. The van der Waals surface area contributed by atoms with Crippen molar-refractivity contribution in [3.63, 3.8) is 0 Å². The van der Waals surface area contributed by atoms with Crippen LogP contribution < -0.4 is 10.5 Å². The van der Waals surface area contributed by atoms with Gasteiger partial charge in [0.25, 0.3) is 0 Å². The fraction of sp³-hybridized carbons (Fsp3) is 0.273. The molecule has 0 spiro atoms. The average molecular weight is 218 g/mol. The monoisotopic (exact) mass is 218 g/mol. The molecule has 0 aliphatic rings. The van der Waals surface area contributed by atoms with E-state index in [1.165, 1.54) is 6.33 Å². The van der Waals surface area contributed by atoms with Crippen molar-refractivity contribution in [2.45, 2.75) is 13.0 Å². The lowest BCUT2D eigenvalue weighted by atomic mass is 10.3. The highest BCUT2D eigenvalue weighted by atomic mass is 16.5. The molecule has 0 saturated heterocycles. The molecule has 0 radical (unpaired) electrons. The van der Waals surface area contributed by atoms with E-state index < -0.39 is 0 Å². The first-order chi connectivity index (χ1) is 7.86. The van der Waals surface area contributed by atoms with E-state index in [1.54, 1.807) is 11.0 Å². The summed E-state index contributed by atoms with van der Waals surface area (Å²) in [5, 5.41) is 4.00. The molecule has 0 saturated carbocycles. The van der Waals surface area contributed by atoms with Gasteiger partial charge in [0.1, 0.15) is 18.4 Å². The van der Waals surface area contributed by atoms with E-state index in [-0.39, 0.29) is 0 Å². The van der Waals surface area contributed by atoms with Gasteiger partial charge < -0.3 is 10.5 Å². The fourth-order valence-electron chi connectivity index (χ4n) is 1.37. The fourth-order valence-corrected chi connectivity index (χ4v) is 1.37. The van der Waals surface area contributed by atoms with Gasteiger partial charge in [0.05, 0.1) is 12.3 Å². The summed E-state index contributed by atoms with van der Waals surface area (Å²) in [4.78, 5) is 3.86. The van der Waals surface area contributed by atoms with Crippen molar-refractivity contribution in [1.29, 1.82) is 0 Å². The van der Waals surface area contributed by atoms with Gasteiger partial charge in [-0.25, -0.2) is 4.98 Å². The van der Waals surface area contributed by atoms with Gasteiger partial charge in [-0.3, -0.25) is 4.68 Å². The Morgan fingerprint density at radius 3 is 2.94 bits per heavy atom. The second-order valence-corrected chi connectivity index (χ2v) is 3.40. The van der Waals surface area contributed by atoms with Crippen molar-refractivity contribution in [2.24, 2.45) is 0 Å². The predicted molar refractivity (Wildman–Crippen MR) is 61.0 cm³/mol. The number of anilines is 1. The van der Waals surface area contributed by atoms with Crippen LogP contribution in [0.25, 0.3) is 0 Å². The van der Waals surface area contributed by atoms with Crippen molar-refractivity contribution >= 4 is 5.69 Å². The summed E-state index contributed by atoms with van der Waals surface area (Å²) in [6.45, 7) is 1.42. The number of para-hydroxylation sites is 2. The molecule has 0 unspecified atom stereocenters. The minimum Gasteiger partial charge on any atom is -0.491 e. The molecule has 1 aromatic carbocycles. The molecule has 0 amide bonds. The Balaban J connectivity index is 1.74. The van der Waals surface area contributed by atoms with Gasteiger partial charge in [-0.1, -0.05) is 12.1 Å². The Hall–Kier alpha value is -2.04. The molecule has 0 atom stereocenters. The van der Waals surface area contributed by atoms with Gasteiger partial charge in [-0.05, 0) is 12.1 Å². The third-order valence-corrected chi connectivity index (χ3v) is 2.17. The number of hydrogen-bond acceptors (Lipinski definition) is 4. The Kier molecular flexibility index (Phi) is 3.38. The van der Waals surface area contributed by atoms with Crippen LogP contribution in [0.5, 0.6) is 5.75 Å². The van der Waals surface area contributed by atoms with Gasteiger partial charge in [0, 0.05) is 13.0 Å². The molecular formula is C11H14N4O. The maximum Gasteiger partial charge on any atom is 0.142 e. The summed E-state index contributed by atoms with van der Waals surface area (Å²) in [6.07, 6.45) is 4.09. The summed E-state index contributed by atoms with van der Waals surface area (Å²) in [5.74, 6) is 0.737. The van der Waals surface area contributed by atoms with Crippen LogP contribution in [0.15, 0.2) is 36.9 Å². The lowest BCUT2D eigenvalue weighted by molar-refractivity contribution is 0.300. The molecular weight excluding hydrogens is 204 g/mol. The van der Waals surface area contributed by atoms with Crippen molar-refractivity contribution in [3.8, 4) is 5.75 Å². The smallest absolute Gasteiger partial charge is 0.142 e. The van der Waals surface area contributed by atoms with Crippen molar-refractivity contribution in [3.05, 3.63) is 36.9 Å². The molecule has 5 heteroatoms. The van der Waals surface area contributed by atoms with Crippen molar-refractivity contribution in [1.82, 2.24) is 14.8 Å². The van der Waals surface area contributed by atoms with Gasteiger partial charge in [-0.15, -0.1) is 0 Å². The molecule has 16 heavy (non-hydrogen) atoms.